The Morgan fingerprint density at radius 1 is 1.12 bits per heavy atom. The molecule has 0 radical (unpaired) electrons. The minimum Gasteiger partial charge on any atom is -0.489 e. The number of carbonyl (C=O) groups is 1. The Bertz CT molecular complexity index is 944. The highest BCUT2D eigenvalue weighted by atomic mass is 32.1. The van der Waals surface area contributed by atoms with Crippen molar-refractivity contribution in [2.45, 2.75) is 6.61 Å². The van der Waals surface area contributed by atoms with E-state index < -0.39 is 0 Å². The minimum atomic E-state index is -0.279. The van der Waals surface area contributed by atoms with Gasteiger partial charge in [0, 0.05) is 17.0 Å². The molecule has 2 heterocycles. The molecule has 0 saturated heterocycles. The summed E-state index contributed by atoms with van der Waals surface area (Å²) in [6.45, 7) is 0.310. The molecule has 3 aromatic rings. The molecule has 1 aliphatic heterocycles. The van der Waals surface area contributed by atoms with Gasteiger partial charge in [0.1, 0.15) is 23.9 Å². The summed E-state index contributed by atoms with van der Waals surface area (Å²) in [5, 5.41) is 1.94. The van der Waals surface area contributed by atoms with E-state index in [1.807, 2.05) is 17.5 Å². The molecule has 4 rings (SSSR count). The second-order valence-corrected chi connectivity index (χ2v) is 6.51. The van der Waals surface area contributed by atoms with Gasteiger partial charge in [-0.15, -0.1) is 11.3 Å². The molecule has 0 spiro atoms. The third-order valence-electron chi connectivity index (χ3n) is 3.78. The van der Waals surface area contributed by atoms with Crippen molar-refractivity contribution in [3.05, 3.63) is 87.6 Å². The molecule has 0 aliphatic carbocycles. The molecule has 0 bridgehead atoms. The quantitative estimate of drug-likeness (QED) is 0.614. The number of allylic oxidation sites excluding steroid dienone is 1. The summed E-state index contributed by atoms with van der Waals surface area (Å²) >= 11 is 1.54. The van der Waals surface area contributed by atoms with Gasteiger partial charge in [-0.25, -0.2) is 4.39 Å². The number of halogens is 1. The monoisotopic (exact) mass is 352 g/mol. The highest BCUT2D eigenvalue weighted by Crippen LogP contribution is 2.35. The maximum Gasteiger partial charge on any atom is 0.232 e. The number of thiophene rings is 1. The van der Waals surface area contributed by atoms with E-state index in [0.29, 0.717) is 29.4 Å². The van der Waals surface area contributed by atoms with Gasteiger partial charge >= 0.3 is 0 Å². The molecule has 25 heavy (non-hydrogen) atoms. The highest BCUT2D eigenvalue weighted by molar-refractivity contribution is 7.10. The second-order valence-electron chi connectivity index (χ2n) is 5.53. The van der Waals surface area contributed by atoms with Crippen LogP contribution in [0.3, 0.4) is 0 Å². The molecule has 0 N–H and O–H groups in total. The van der Waals surface area contributed by atoms with Crippen molar-refractivity contribution >= 4 is 23.2 Å². The maximum atomic E-state index is 12.9. The van der Waals surface area contributed by atoms with Crippen molar-refractivity contribution in [3.63, 3.8) is 0 Å². The molecule has 0 fully saturated rings. The van der Waals surface area contributed by atoms with Gasteiger partial charge < -0.3 is 9.47 Å². The lowest BCUT2D eigenvalue weighted by molar-refractivity contribution is 0.101. The van der Waals surface area contributed by atoms with Crippen LogP contribution in [0.2, 0.25) is 0 Å². The van der Waals surface area contributed by atoms with Crippen molar-refractivity contribution in [2.75, 3.05) is 0 Å². The van der Waals surface area contributed by atoms with E-state index in [2.05, 4.69) is 0 Å². The van der Waals surface area contributed by atoms with Gasteiger partial charge in [0.2, 0.25) is 5.78 Å². The number of fused-ring (bicyclic) bond motifs is 1. The number of hydrogen-bond donors (Lipinski definition) is 0. The van der Waals surface area contributed by atoms with E-state index in [4.69, 9.17) is 9.47 Å². The Labute approximate surface area is 148 Å². The summed E-state index contributed by atoms with van der Waals surface area (Å²) in [6, 6.07) is 15.1. The van der Waals surface area contributed by atoms with E-state index in [-0.39, 0.29) is 11.6 Å². The molecule has 0 unspecified atom stereocenters. The number of carbonyl (C=O) groups excluding carboxylic acids is 1. The number of ketones is 1. The number of Topliss-reactive ketones (excluding diaryl/α,β-unsaturated/α-hetero) is 1. The first-order chi connectivity index (χ1) is 12.2. The Morgan fingerprint density at radius 2 is 1.96 bits per heavy atom. The Hall–Kier alpha value is -2.92. The highest BCUT2D eigenvalue weighted by Gasteiger charge is 2.27. The fraction of sp³-hybridized carbons (Fsp3) is 0.0500. The average molecular weight is 352 g/mol. The van der Waals surface area contributed by atoms with Crippen LogP contribution in [-0.2, 0) is 6.61 Å². The van der Waals surface area contributed by atoms with Gasteiger partial charge in [0.25, 0.3) is 0 Å². The van der Waals surface area contributed by atoms with Crippen LogP contribution in [-0.4, -0.2) is 5.78 Å². The van der Waals surface area contributed by atoms with Gasteiger partial charge in [0.05, 0.1) is 5.56 Å². The average Bonchev–Trinajstić information content (AvgIpc) is 3.23. The zero-order valence-electron chi connectivity index (χ0n) is 13.1. The molecule has 3 nitrogen and oxygen atoms in total. The van der Waals surface area contributed by atoms with Crippen LogP contribution in [0, 0.1) is 5.82 Å². The molecule has 2 aromatic carbocycles. The van der Waals surface area contributed by atoms with Crippen LogP contribution in [0.4, 0.5) is 4.39 Å². The largest absolute Gasteiger partial charge is 0.489 e. The van der Waals surface area contributed by atoms with Crippen LogP contribution in [0.25, 0.3) is 6.08 Å². The number of benzene rings is 2. The smallest absolute Gasteiger partial charge is 0.232 e. The summed E-state index contributed by atoms with van der Waals surface area (Å²) < 4.78 is 24.3. The van der Waals surface area contributed by atoms with Crippen molar-refractivity contribution in [1.29, 1.82) is 0 Å². The summed E-state index contributed by atoms with van der Waals surface area (Å²) in [7, 11) is 0. The Kier molecular flexibility index (Phi) is 4.07. The first-order valence-electron chi connectivity index (χ1n) is 7.68. The van der Waals surface area contributed by atoms with Crippen molar-refractivity contribution in [1.82, 2.24) is 0 Å². The summed E-state index contributed by atoms with van der Waals surface area (Å²) in [5.41, 5.74) is 1.38. The first kappa shape index (κ1) is 15.6. The molecular formula is C20H13FO3S. The maximum absolute atomic E-state index is 12.9. The zero-order valence-corrected chi connectivity index (χ0v) is 13.9. The van der Waals surface area contributed by atoms with E-state index in [0.717, 1.165) is 10.4 Å². The predicted molar refractivity (Wildman–Crippen MR) is 94.4 cm³/mol. The third kappa shape index (κ3) is 3.32. The summed E-state index contributed by atoms with van der Waals surface area (Å²) in [5.74, 6) is 0.984. The molecule has 1 aliphatic rings. The Morgan fingerprint density at radius 3 is 2.72 bits per heavy atom. The standard InChI is InChI=1S/C20H13FO3S/c21-14-5-3-13(4-6-14)12-23-15-7-8-17-18(10-15)24-19(20(17)22)11-16-2-1-9-25-16/h1-11H,12H2/b19-11-. The molecule has 0 saturated carbocycles. The molecule has 1 aromatic heterocycles. The van der Waals surface area contributed by atoms with Crippen molar-refractivity contribution in [3.8, 4) is 11.5 Å². The van der Waals surface area contributed by atoms with Gasteiger partial charge in [0.15, 0.2) is 5.76 Å². The Balaban J connectivity index is 1.50. The predicted octanol–water partition coefficient (Wildman–Crippen LogP) is 5.08. The van der Waals surface area contributed by atoms with Gasteiger partial charge in [-0.1, -0.05) is 18.2 Å². The van der Waals surface area contributed by atoms with Crippen LogP contribution in [0.15, 0.2) is 65.7 Å². The van der Waals surface area contributed by atoms with Crippen LogP contribution < -0.4 is 9.47 Å². The van der Waals surface area contributed by atoms with E-state index in [1.54, 1.807) is 47.7 Å². The van der Waals surface area contributed by atoms with Crippen LogP contribution >= 0.6 is 11.3 Å². The molecule has 124 valence electrons. The summed E-state index contributed by atoms with van der Waals surface area (Å²) in [4.78, 5) is 13.3. The number of hydrogen-bond acceptors (Lipinski definition) is 4. The van der Waals surface area contributed by atoms with Gasteiger partial charge in [-0.2, -0.15) is 0 Å². The number of ether oxygens (including phenoxy) is 2. The van der Waals surface area contributed by atoms with E-state index >= 15 is 0 Å². The fourth-order valence-electron chi connectivity index (χ4n) is 2.51. The van der Waals surface area contributed by atoms with Crippen molar-refractivity contribution < 1.29 is 18.7 Å². The topological polar surface area (TPSA) is 35.5 Å². The van der Waals surface area contributed by atoms with Crippen LogP contribution in [0.1, 0.15) is 20.8 Å². The van der Waals surface area contributed by atoms with E-state index in [9.17, 15) is 9.18 Å². The third-order valence-corrected chi connectivity index (χ3v) is 4.60. The lowest BCUT2D eigenvalue weighted by Gasteiger charge is -2.07. The van der Waals surface area contributed by atoms with Gasteiger partial charge in [-0.05, 0) is 41.3 Å². The van der Waals surface area contributed by atoms with E-state index in [1.165, 1.54) is 12.1 Å². The molecule has 0 atom stereocenters. The minimum absolute atomic E-state index is 0.131. The molecule has 0 amide bonds. The second kappa shape index (κ2) is 6.53. The first-order valence-corrected chi connectivity index (χ1v) is 8.56. The van der Waals surface area contributed by atoms with Crippen LogP contribution in [0.5, 0.6) is 11.5 Å². The van der Waals surface area contributed by atoms with Gasteiger partial charge in [-0.3, -0.25) is 4.79 Å². The molecule has 5 heteroatoms. The molecular weight excluding hydrogens is 339 g/mol. The number of rotatable bonds is 4. The lowest BCUT2D eigenvalue weighted by Crippen LogP contribution is -1.97. The fourth-order valence-corrected chi connectivity index (χ4v) is 3.15. The SMILES string of the molecule is O=C1/C(=C/c2cccs2)Oc2cc(OCc3ccc(F)cc3)ccc21. The lowest BCUT2D eigenvalue weighted by atomic mass is 10.1. The normalized spacial score (nSPS) is 14.4. The van der Waals surface area contributed by atoms with Crippen molar-refractivity contribution in [2.24, 2.45) is 0 Å². The zero-order chi connectivity index (χ0) is 17.2. The summed E-state index contributed by atoms with van der Waals surface area (Å²) in [6.07, 6.45) is 1.74.